The van der Waals surface area contributed by atoms with Crippen LogP contribution in [-0.2, 0) is 7.05 Å². The van der Waals surface area contributed by atoms with E-state index in [0.29, 0.717) is 0 Å². The summed E-state index contributed by atoms with van der Waals surface area (Å²) in [6.07, 6.45) is 1.54. The topological polar surface area (TPSA) is 56.7 Å². The Balaban J connectivity index is 2.22. The second-order valence-corrected chi connectivity index (χ2v) is 6.56. The van der Waals surface area contributed by atoms with Gasteiger partial charge in [0.05, 0.1) is 9.59 Å². The Morgan fingerprint density at radius 2 is 2.29 bits per heavy atom. The second kappa shape index (κ2) is 5.39. The minimum atomic E-state index is 0.0198. The van der Waals surface area contributed by atoms with Crippen LogP contribution in [0.3, 0.4) is 0 Å². The van der Waals surface area contributed by atoms with Crippen LogP contribution in [0.5, 0.6) is 0 Å². The first kappa shape index (κ1) is 12.9. The van der Waals surface area contributed by atoms with E-state index >= 15 is 0 Å². The summed E-state index contributed by atoms with van der Waals surface area (Å²) in [5.41, 5.74) is 6.03. The van der Waals surface area contributed by atoms with Crippen LogP contribution in [0.4, 0.5) is 0 Å². The predicted molar refractivity (Wildman–Crippen MR) is 72.6 cm³/mol. The third kappa shape index (κ3) is 3.01. The summed E-state index contributed by atoms with van der Waals surface area (Å²) in [5, 5.41) is 5.06. The summed E-state index contributed by atoms with van der Waals surface area (Å²) in [4.78, 5) is 5.37. The van der Waals surface area contributed by atoms with E-state index < -0.39 is 0 Å². The number of thioether (sulfide) groups is 1. The molecule has 0 spiro atoms. The number of halogens is 1. The molecule has 0 fully saturated rings. The van der Waals surface area contributed by atoms with Crippen LogP contribution in [0.25, 0.3) is 0 Å². The number of aryl methyl sites for hydroxylation is 1. The lowest BCUT2D eigenvalue weighted by Gasteiger charge is -2.17. The highest BCUT2D eigenvalue weighted by atomic mass is 35.5. The van der Waals surface area contributed by atoms with Gasteiger partial charge in [0.15, 0.2) is 5.16 Å². The molecule has 2 aromatic heterocycles. The molecule has 2 heterocycles. The molecule has 2 N–H and O–H groups in total. The normalized spacial score (nSPS) is 14.8. The molecule has 0 aliphatic rings. The van der Waals surface area contributed by atoms with Crippen molar-refractivity contribution < 1.29 is 0 Å². The Labute approximate surface area is 113 Å². The molecular weight excluding hydrogens is 276 g/mol. The van der Waals surface area contributed by atoms with Gasteiger partial charge in [-0.05, 0) is 19.1 Å². The first-order valence-corrected chi connectivity index (χ1v) is 7.17. The molecule has 2 aromatic rings. The zero-order valence-electron chi connectivity index (χ0n) is 9.50. The van der Waals surface area contributed by atoms with Crippen molar-refractivity contribution in [1.29, 1.82) is 0 Å². The molecule has 2 unspecified atom stereocenters. The van der Waals surface area contributed by atoms with Gasteiger partial charge in [-0.2, -0.15) is 5.10 Å². The zero-order chi connectivity index (χ0) is 12.4. The third-order valence-electron chi connectivity index (χ3n) is 2.25. The van der Waals surface area contributed by atoms with Gasteiger partial charge < -0.3 is 5.73 Å². The maximum atomic E-state index is 6.03. The smallest absolute Gasteiger partial charge is 0.186 e. The molecule has 0 saturated carbocycles. The van der Waals surface area contributed by atoms with E-state index in [0.717, 1.165) is 14.4 Å². The molecule has 2 rings (SSSR count). The molecule has 0 bridgehead atoms. The SMILES string of the molecule is CC(N)C(Sc1ncnn1C)c1ccc(Cl)s1. The lowest BCUT2D eigenvalue weighted by atomic mass is 10.2. The molecule has 7 heteroatoms. The van der Waals surface area contributed by atoms with E-state index in [2.05, 4.69) is 10.1 Å². The van der Waals surface area contributed by atoms with E-state index in [4.69, 9.17) is 17.3 Å². The predicted octanol–water partition coefficient (Wildman–Crippen LogP) is 2.71. The van der Waals surface area contributed by atoms with Crippen molar-refractivity contribution in [1.82, 2.24) is 14.8 Å². The fourth-order valence-electron chi connectivity index (χ4n) is 1.41. The summed E-state index contributed by atoms with van der Waals surface area (Å²) < 4.78 is 2.53. The molecular formula is C10H13ClN4S2. The van der Waals surface area contributed by atoms with Crippen LogP contribution in [-0.4, -0.2) is 20.8 Å². The van der Waals surface area contributed by atoms with E-state index in [9.17, 15) is 0 Å². The van der Waals surface area contributed by atoms with Gasteiger partial charge in [-0.1, -0.05) is 23.4 Å². The third-order valence-corrected chi connectivity index (χ3v) is 5.24. The summed E-state index contributed by atoms with van der Waals surface area (Å²) >= 11 is 9.13. The van der Waals surface area contributed by atoms with Crippen molar-refractivity contribution in [3.05, 3.63) is 27.7 Å². The highest BCUT2D eigenvalue weighted by Gasteiger charge is 2.21. The number of aromatic nitrogens is 3. The Kier molecular flexibility index (Phi) is 4.09. The molecule has 4 nitrogen and oxygen atoms in total. The van der Waals surface area contributed by atoms with Crippen LogP contribution in [0.15, 0.2) is 23.6 Å². The molecule has 0 radical (unpaired) electrons. The highest BCUT2D eigenvalue weighted by molar-refractivity contribution is 7.99. The number of nitrogens with zero attached hydrogens (tertiary/aromatic N) is 3. The highest BCUT2D eigenvalue weighted by Crippen LogP contribution is 2.40. The zero-order valence-corrected chi connectivity index (χ0v) is 11.9. The fraction of sp³-hybridized carbons (Fsp3) is 0.400. The molecule has 17 heavy (non-hydrogen) atoms. The monoisotopic (exact) mass is 288 g/mol. The Hall–Kier alpha value is -0.560. The van der Waals surface area contributed by atoms with Crippen molar-refractivity contribution in [2.45, 2.75) is 23.4 Å². The van der Waals surface area contributed by atoms with Gasteiger partial charge in [0.2, 0.25) is 0 Å². The first-order chi connectivity index (χ1) is 8.08. The fourth-order valence-corrected chi connectivity index (χ4v) is 3.80. The van der Waals surface area contributed by atoms with Gasteiger partial charge in [-0.15, -0.1) is 11.3 Å². The van der Waals surface area contributed by atoms with Crippen LogP contribution < -0.4 is 5.73 Å². The lowest BCUT2D eigenvalue weighted by Crippen LogP contribution is -2.22. The van der Waals surface area contributed by atoms with Gasteiger partial charge in [-0.3, -0.25) is 0 Å². The van der Waals surface area contributed by atoms with Crippen molar-refractivity contribution >= 4 is 34.7 Å². The number of hydrogen-bond donors (Lipinski definition) is 1. The van der Waals surface area contributed by atoms with E-state index in [1.54, 1.807) is 34.1 Å². The number of rotatable bonds is 4. The number of hydrogen-bond acceptors (Lipinski definition) is 5. The summed E-state index contributed by atoms with van der Waals surface area (Å²) in [6.45, 7) is 1.99. The van der Waals surface area contributed by atoms with E-state index in [1.165, 1.54) is 0 Å². The largest absolute Gasteiger partial charge is 0.327 e. The summed E-state index contributed by atoms with van der Waals surface area (Å²) in [7, 11) is 1.87. The second-order valence-electron chi connectivity index (χ2n) is 3.71. The molecule has 92 valence electrons. The lowest BCUT2D eigenvalue weighted by molar-refractivity contribution is 0.673. The van der Waals surface area contributed by atoms with Crippen LogP contribution in [0.2, 0.25) is 4.34 Å². The Morgan fingerprint density at radius 1 is 1.53 bits per heavy atom. The minimum Gasteiger partial charge on any atom is -0.327 e. The van der Waals surface area contributed by atoms with Crippen LogP contribution >= 0.6 is 34.7 Å². The average molecular weight is 289 g/mol. The van der Waals surface area contributed by atoms with E-state index in [1.807, 2.05) is 26.1 Å². The van der Waals surface area contributed by atoms with Crippen molar-refractivity contribution in [2.24, 2.45) is 12.8 Å². The summed E-state index contributed by atoms with van der Waals surface area (Å²) in [5.74, 6) is 0. The average Bonchev–Trinajstić information content (AvgIpc) is 2.84. The van der Waals surface area contributed by atoms with Gasteiger partial charge >= 0.3 is 0 Å². The van der Waals surface area contributed by atoms with Crippen molar-refractivity contribution in [2.75, 3.05) is 0 Å². The number of thiophene rings is 1. The first-order valence-electron chi connectivity index (χ1n) is 5.09. The van der Waals surface area contributed by atoms with Crippen molar-refractivity contribution in [3.63, 3.8) is 0 Å². The number of nitrogens with two attached hydrogens (primary N) is 1. The molecule has 2 atom stereocenters. The maximum absolute atomic E-state index is 6.03. The summed E-state index contributed by atoms with van der Waals surface area (Å²) in [6, 6.07) is 3.94. The van der Waals surface area contributed by atoms with Crippen LogP contribution in [0, 0.1) is 0 Å². The molecule has 0 aromatic carbocycles. The standard InChI is InChI=1S/C10H13ClN4S2/c1-6(12)9(7-3-4-8(11)16-7)17-10-13-5-14-15(10)2/h3-6,9H,12H2,1-2H3. The van der Waals surface area contributed by atoms with Crippen LogP contribution in [0.1, 0.15) is 17.1 Å². The molecule has 0 amide bonds. The van der Waals surface area contributed by atoms with E-state index in [-0.39, 0.29) is 11.3 Å². The molecule has 0 aliphatic carbocycles. The Morgan fingerprint density at radius 3 is 2.76 bits per heavy atom. The molecule has 0 aliphatic heterocycles. The van der Waals surface area contributed by atoms with Gasteiger partial charge in [0.1, 0.15) is 6.33 Å². The van der Waals surface area contributed by atoms with Crippen molar-refractivity contribution in [3.8, 4) is 0 Å². The Bertz CT molecular complexity index is 494. The quantitative estimate of drug-likeness (QED) is 0.879. The molecule has 0 saturated heterocycles. The van der Waals surface area contributed by atoms with Gasteiger partial charge in [0.25, 0.3) is 0 Å². The minimum absolute atomic E-state index is 0.0198. The maximum Gasteiger partial charge on any atom is 0.186 e. The van der Waals surface area contributed by atoms with Gasteiger partial charge in [0, 0.05) is 18.0 Å². The van der Waals surface area contributed by atoms with Gasteiger partial charge in [-0.25, -0.2) is 9.67 Å².